The van der Waals surface area contributed by atoms with Crippen LogP contribution in [0.1, 0.15) is 43.5 Å². The second-order valence-electron chi connectivity index (χ2n) is 5.18. The standard InChI is InChI=1S/C18H23N3/c1-2-3-12-18(19)21-17(15-9-5-4-6-10-15)14-16-11-7-8-13-20-16/h4-11,13,17H,2-3,12,14H2,1H3,(H2,19,21). The molecule has 0 aliphatic heterocycles. The summed E-state index contributed by atoms with van der Waals surface area (Å²) in [5, 5.41) is 0. The summed E-state index contributed by atoms with van der Waals surface area (Å²) in [5.41, 5.74) is 8.30. The van der Waals surface area contributed by atoms with Crippen LogP contribution in [0.2, 0.25) is 0 Å². The average molecular weight is 281 g/mol. The molecule has 2 rings (SSSR count). The second kappa shape index (κ2) is 8.20. The van der Waals surface area contributed by atoms with Crippen molar-refractivity contribution in [2.45, 2.75) is 38.6 Å². The van der Waals surface area contributed by atoms with Crippen molar-refractivity contribution in [3.8, 4) is 0 Å². The number of aromatic nitrogens is 1. The van der Waals surface area contributed by atoms with E-state index in [2.05, 4.69) is 24.0 Å². The summed E-state index contributed by atoms with van der Waals surface area (Å²) in [4.78, 5) is 9.14. The summed E-state index contributed by atoms with van der Waals surface area (Å²) in [6.07, 6.45) is 5.67. The van der Waals surface area contributed by atoms with Crippen LogP contribution in [-0.2, 0) is 6.42 Å². The van der Waals surface area contributed by atoms with Crippen LogP contribution in [0, 0.1) is 0 Å². The smallest absolute Gasteiger partial charge is 0.0944 e. The van der Waals surface area contributed by atoms with E-state index >= 15 is 0 Å². The number of nitrogens with zero attached hydrogens (tertiary/aromatic N) is 2. The first-order valence-corrected chi connectivity index (χ1v) is 7.56. The van der Waals surface area contributed by atoms with Gasteiger partial charge in [-0.05, 0) is 24.1 Å². The third-order valence-electron chi connectivity index (χ3n) is 3.42. The molecule has 3 nitrogen and oxygen atoms in total. The highest BCUT2D eigenvalue weighted by molar-refractivity contribution is 5.80. The molecule has 21 heavy (non-hydrogen) atoms. The van der Waals surface area contributed by atoms with E-state index < -0.39 is 0 Å². The highest BCUT2D eigenvalue weighted by atomic mass is 14.9. The van der Waals surface area contributed by atoms with Crippen LogP contribution >= 0.6 is 0 Å². The molecular formula is C18H23N3. The van der Waals surface area contributed by atoms with E-state index in [1.54, 1.807) is 0 Å². The molecule has 1 aromatic heterocycles. The van der Waals surface area contributed by atoms with Crippen LogP contribution in [0.4, 0.5) is 0 Å². The second-order valence-corrected chi connectivity index (χ2v) is 5.18. The SMILES string of the molecule is CCCCC(N)=NC(Cc1ccccn1)c1ccccc1. The van der Waals surface area contributed by atoms with E-state index in [9.17, 15) is 0 Å². The van der Waals surface area contributed by atoms with E-state index in [-0.39, 0.29) is 6.04 Å². The van der Waals surface area contributed by atoms with Crippen molar-refractivity contribution in [1.29, 1.82) is 0 Å². The summed E-state index contributed by atoms with van der Waals surface area (Å²) in [5.74, 6) is 0.738. The zero-order chi connectivity index (χ0) is 14.9. The lowest BCUT2D eigenvalue weighted by Gasteiger charge is -2.14. The average Bonchev–Trinajstić information content (AvgIpc) is 2.54. The maximum atomic E-state index is 6.08. The van der Waals surface area contributed by atoms with Crippen molar-refractivity contribution in [3.63, 3.8) is 0 Å². The number of rotatable bonds is 7. The van der Waals surface area contributed by atoms with E-state index in [1.165, 1.54) is 5.56 Å². The molecule has 2 N–H and O–H groups in total. The Labute approximate surface area is 126 Å². The van der Waals surface area contributed by atoms with Gasteiger partial charge in [0.05, 0.1) is 11.9 Å². The van der Waals surface area contributed by atoms with Crippen LogP contribution in [0.5, 0.6) is 0 Å². The Kier molecular flexibility index (Phi) is 5.95. The van der Waals surface area contributed by atoms with Gasteiger partial charge in [-0.2, -0.15) is 0 Å². The predicted molar refractivity (Wildman–Crippen MR) is 88.3 cm³/mol. The van der Waals surface area contributed by atoms with Gasteiger partial charge in [0.25, 0.3) is 0 Å². The molecule has 1 aromatic carbocycles. The van der Waals surface area contributed by atoms with Gasteiger partial charge in [-0.15, -0.1) is 0 Å². The first kappa shape index (κ1) is 15.2. The maximum absolute atomic E-state index is 6.08. The molecule has 3 heteroatoms. The molecule has 110 valence electrons. The first-order valence-electron chi connectivity index (χ1n) is 7.56. The molecule has 0 saturated heterocycles. The molecule has 0 bridgehead atoms. The molecule has 0 saturated carbocycles. The fourth-order valence-corrected chi connectivity index (χ4v) is 2.25. The van der Waals surface area contributed by atoms with Crippen LogP contribution in [-0.4, -0.2) is 10.8 Å². The van der Waals surface area contributed by atoms with Gasteiger partial charge in [0, 0.05) is 24.7 Å². The van der Waals surface area contributed by atoms with Crippen molar-refractivity contribution >= 4 is 5.84 Å². The number of nitrogens with two attached hydrogens (primary N) is 1. The van der Waals surface area contributed by atoms with Crippen molar-refractivity contribution < 1.29 is 0 Å². The minimum Gasteiger partial charge on any atom is -0.387 e. The predicted octanol–water partition coefficient (Wildman–Crippen LogP) is 3.91. The molecular weight excluding hydrogens is 258 g/mol. The molecule has 0 amide bonds. The van der Waals surface area contributed by atoms with Crippen LogP contribution in [0.3, 0.4) is 0 Å². The van der Waals surface area contributed by atoms with Gasteiger partial charge < -0.3 is 5.73 Å². The fraction of sp³-hybridized carbons (Fsp3) is 0.333. The molecule has 0 aliphatic carbocycles. The largest absolute Gasteiger partial charge is 0.387 e. The van der Waals surface area contributed by atoms with Gasteiger partial charge in [-0.25, -0.2) is 0 Å². The fourth-order valence-electron chi connectivity index (χ4n) is 2.25. The highest BCUT2D eigenvalue weighted by Gasteiger charge is 2.12. The van der Waals surface area contributed by atoms with Gasteiger partial charge in [0.15, 0.2) is 0 Å². The van der Waals surface area contributed by atoms with Crippen LogP contribution in [0.15, 0.2) is 59.7 Å². The first-order chi connectivity index (χ1) is 10.3. The van der Waals surface area contributed by atoms with Gasteiger partial charge in [-0.1, -0.05) is 49.7 Å². The maximum Gasteiger partial charge on any atom is 0.0944 e. The topological polar surface area (TPSA) is 51.3 Å². The normalized spacial score (nSPS) is 13.1. The Morgan fingerprint density at radius 3 is 2.57 bits per heavy atom. The van der Waals surface area contributed by atoms with Crippen LogP contribution in [0.25, 0.3) is 0 Å². The van der Waals surface area contributed by atoms with Gasteiger partial charge in [-0.3, -0.25) is 9.98 Å². The third kappa shape index (κ3) is 5.03. The number of amidine groups is 1. The molecule has 0 aliphatic rings. The lowest BCUT2D eigenvalue weighted by atomic mass is 10.0. The number of hydrogen-bond acceptors (Lipinski definition) is 2. The van der Waals surface area contributed by atoms with Gasteiger partial charge in [0.2, 0.25) is 0 Å². The van der Waals surface area contributed by atoms with E-state index in [1.807, 2.05) is 42.6 Å². The molecule has 0 radical (unpaired) electrons. The van der Waals surface area contributed by atoms with Crippen molar-refractivity contribution in [2.75, 3.05) is 0 Å². The van der Waals surface area contributed by atoms with Crippen molar-refractivity contribution in [2.24, 2.45) is 10.7 Å². The van der Waals surface area contributed by atoms with E-state index in [0.717, 1.165) is 37.2 Å². The highest BCUT2D eigenvalue weighted by Crippen LogP contribution is 2.21. The van der Waals surface area contributed by atoms with Crippen molar-refractivity contribution in [3.05, 3.63) is 66.0 Å². The number of unbranched alkanes of at least 4 members (excludes halogenated alkanes) is 1. The zero-order valence-electron chi connectivity index (χ0n) is 12.6. The minimum absolute atomic E-state index is 0.0398. The van der Waals surface area contributed by atoms with Crippen LogP contribution < -0.4 is 5.73 Å². The third-order valence-corrected chi connectivity index (χ3v) is 3.42. The summed E-state index contributed by atoms with van der Waals surface area (Å²) >= 11 is 0. The zero-order valence-corrected chi connectivity index (χ0v) is 12.6. The van der Waals surface area contributed by atoms with E-state index in [4.69, 9.17) is 10.7 Å². The quantitative estimate of drug-likeness (QED) is 0.618. The number of pyridine rings is 1. The van der Waals surface area contributed by atoms with Crippen molar-refractivity contribution in [1.82, 2.24) is 4.98 Å². The van der Waals surface area contributed by atoms with E-state index in [0.29, 0.717) is 0 Å². The lowest BCUT2D eigenvalue weighted by molar-refractivity contribution is 0.700. The monoisotopic (exact) mass is 281 g/mol. The van der Waals surface area contributed by atoms with Gasteiger partial charge >= 0.3 is 0 Å². The Hall–Kier alpha value is -2.16. The minimum atomic E-state index is 0.0398. The summed E-state index contributed by atoms with van der Waals surface area (Å²) < 4.78 is 0. The number of hydrogen-bond donors (Lipinski definition) is 1. The van der Waals surface area contributed by atoms with Gasteiger partial charge in [0.1, 0.15) is 0 Å². The number of benzene rings is 1. The Morgan fingerprint density at radius 1 is 1.14 bits per heavy atom. The molecule has 1 heterocycles. The summed E-state index contributed by atoms with van der Waals surface area (Å²) in [6.45, 7) is 2.16. The number of aliphatic imine (C=N–C) groups is 1. The Morgan fingerprint density at radius 2 is 1.90 bits per heavy atom. The molecule has 2 aromatic rings. The molecule has 0 fully saturated rings. The molecule has 1 atom stereocenters. The molecule has 0 spiro atoms. The Balaban J connectivity index is 2.18. The summed E-state index contributed by atoms with van der Waals surface area (Å²) in [6, 6.07) is 16.3. The Bertz CT molecular complexity index is 549. The summed E-state index contributed by atoms with van der Waals surface area (Å²) in [7, 11) is 0. The lowest BCUT2D eigenvalue weighted by Crippen LogP contribution is -2.15. The molecule has 1 unspecified atom stereocenters.